The summed E-state index contributed by atoms with van der Waals surface area (Å²) in [7, 11) is 0. The number of benzene rings is 16. The molecular weight excluding hydrogens is 1220 g/mol. The molecular formula is C92H56N8. The van der Waals surface area contributed by atoms with Crippen LogP contribution in [-0.2, 0) is 0 Å². The molecule has 0 atom stereocenters. The summed E-state index contributed by atoms with van der Waals surface area (Å²) in [4.78, 5) is 40.0. The number of nitrogens with zero attached hydrogens (tertiary/aromatic N) is 8. The molecule has 8 nitrogen and oxygen atoms in total. The highest BCUT2D eigenvalue weighted by molar-refractivity contribution is 6.14. The van der Waals surface area contributed by atoms with E-state index >= 15 is 0 Å². The lowest BCUT2D eigenvalue weighted by Crippen LogP contribution is -2.02. The third kappa shape index (κ3) is 10.5. The molecule has 0 fully saturated rings. The molecule has 0 aliphatic heterocycles. The third-order valence-corrected chi connectivity index (χ3v) is 19.5. The van der Waals surface area contributed by atoms with E-state index in [0.717, 1.165) is 136 Å². The Bertz CT molecular complexity index is 6290. The van der Waals surface area contributed by atoms with Crippen LogP contribution in [0.25, 0.3) is 198 Å². The van der Waals surface area contributed by atoms with Crippen molar-refractivity contribution < 1.29 is 0 Å². The molecule has 0 bridgehead atoms. The van der Waals surface area contributed by atoms with Gasteiger partial charge in [0.05, 0.1) is 0 Å². The molecule has 0 aliphatic rings. The van der Waals surface area contributed by atoms with Crippen molar-refractivity contribution in [2.75, 3.05) is 0 Å². The van der Waals surface area contributed by atoms with Crippen LogP contribution >= 0.6 is 0 Å². The Morgan fingerprint density at radius 1 is 0.160 bits per heavy atom. The molecule has 0 unspecified atom stereocenters. The molecule has 0 saturated carbocycles. The van der Waals surface area contributed by atoms with Crippen LogP contribution in [0.15, 0.2) is 340 Å². The fraction of sp³-hybridized carbons (Fsp3) is 0. The van der Waals surface area contributed by atoms with Gasteiger partial charge in [-0.1, -0.05) is 255 Å². The minimum Gasteiger partial charge on any atom is -0.264 e. The van der Waals surface area contributed by atoms with E-state index < -0.39 is 0 Å². The Labute approximate surface area is 575 Å². The summed E-state index contributed by atoms with van der Waals surface area (Å²) in [6.07, 6.45) is 7.47. The van der Waals surface area contributed by atoms with Crippen LogP contribution in [0.5, 0.6) is 0 Å². The summed E-state index contributed by atoms with van der Waals surface area (Å²) >= 11 is 0. The smallest absolute Gasteiger partial charge is 0.165 e. The third-order valence-electron chi connectivity index (χ3n) is 19.5. The SMILES string of the molecule is c1ccc2c(-c3nc(-c4ccc(-c5ccc6cnccc6c5)cc4)nc(-c4c5ccccc5cc5ccccc45)n3)c3ccccc3cc2c1.c1ccc2cc3c(-c4nc(-c5ccc(-c6ccc7cnccc7c6)cc5)nc(-c5cccc6cc7ccccc7cc56)n4)cccc3cc2c1. The fourth-order valence-corrected chi connectivity index (χ4v) is 14.5. The lowest BCUT2D eigenvalue weighted by atomic mass is 9.95. The number of hydrogen-bond acceptors (Lipinski definition) is 8. The Hall–Kier alpha value is -13.6. The summed E-state index contributed by atoms with van der Waals surface area (Å²) in [5, 5.41) is 22.9. The van der Waals surface area contributed by atoms with Crippen LogP contribution in [0.2, 0.25) is 0 Å². The fourth-order valence-electron chi connectivity index (χ4n) is 14.5. The molecule has 464 valence electrons. The van der Waals surface area contributed by atoms with Crippen LogP contribution in [0.4, 0.5) is 0 Å². The number of pyridine rings is 2. The maximum Gasteiger partial charge on any atom is 0.165 e. The van der Waals surface area contributed by atoms with Gasteiger partial charge in [0, 0.05) is 68.9 Å². The summed E-state index contributed by atoms with van der Waals surface area (Å²) in [6, 6.07) is 111. The Kier molecular flexibility index (Phi) is 14.0. The highest BCUT2D eigenvalue weighted by Gasteiger charge is 2.22. The predicted octanol–water partition coefficient (Wildman–Crippen LogP) is 23.4. The zero-order valence-electron chi connectivity index (χ0n) is 53.9. The quantitative estimate of drug-likeness (QED) is 0.139. The van der Waals surface area contributed by atoms with E-state index in [2.05, 4.69) is 319 Å². The number of aromatic nitrogens is 8. The maximum atomic E-state index is 5.37. The van der Waals surface area contributed by atoms with Crippen LogP contribution in [0.1, 0.15) is 0 Å². The normalized spacial score (nSPS) is 11.6. The Morgan fingerprint density at radius 2 is 0.440 bits per heavy atom. The van der Waals surface area contributed by atoms with Gasteiger partial charge < -0.3 is 0 Å². The summed E-state index contributed by atoms with van der Waals surface area (Å²) in [5.41, 5.74) is 10.4. The van der Waals surface area contributed by atoms with Crippen LogP contribution in [-0.4, -0.2) is 39.9 Å². The van der Waals surface area contributed by atoms with Crippen molar-refractivity contribution in [1.82, 2.24) is 39.9 Å². The van der Waals surface area contributed by atoms with Gasteiger partial charge in [0.25, 0.3) is 0 Å². The lowest BCUT2D eigenvalue weighted by molar-refractivity contribution is 1.08. The van der Waals surface area contributed by atoms with Gasteiger partial charge in [-0.05, 0) is 180 Å². The standard InChI is InChI=1S/2C46H28N4/c1-5-13-38-33(9-1)26-34-10-2-6-14-39(34)42(38)45-48-44(30-19-17-29(18-20-30)31-21-22-37-28-47-24-23-32(37)25-31)49-46(50-45)43-40-15-7-3-11-35(40)27-36-12-4-8-16-41(36)43;1-3-9-33-26-42-37(24-31(33)7-1)11-5-13-40(42)45-48-44(30-17-15-29(16-18-30)35-19-20-39-28-47-22-21-36(39)23-35)49-46(50-45)41-14-6-12-38-25-32-8-2-4-10-34(32)27-43(38)41/h2*1-28H. The molecule has 0 amide bonds. The first-order valence-corrected chi connectivity index (χ1v) is 33.6. The average Bonchev–Trinajstić information content (AvgIpc) is 0.749. The highest BCUT2D eigenvalue weighted by Crippen LogP contribution is 2.42. The van der Waals surface area contributed by atoms with Crippen LogP contribution in [0, 0.1) is 0 Å². The first-order valence-electron chi connectivity index (χ1n) is 33.6. The van der Waals surface area contributed by atoms with E-state index in [-0.39, 0.29) is 0 Å². The first kappa shape index (κ1) is 57.9. The van der Waals surface area contributed by atoms with Crippen molar-refractivity contribution in [3.63, 3.8) is 0 Å². The number of fused-ring (bicyclic) bond motifs is 10. The minimum absolute atomic E-state index is 0.634. The second kappa shape index (κ2) is 24.3. The van der Waals surface area contributed by atoms with E-state index in [1.807, 2.05) is 30.9 Å². The zero-order valence-corrected chi connectivity index (χ0v) is 53.9. The van der Waals surface area contributed by atoms with E-state index in [1.165, 1.54) is 26.9 Å². The van der Waals surface area contributed by atoms with Crippen LogP contribution < -0.4 is 0 Å². The van der Waals surface area contributed by atoms with Crippen molar-refractivity contribution in [3.8, 4) is 90.6 Å². The average molecular weight is 1270 g/mol. The molecule has 16 aromatic carbocycles. The molecule has 0 spiro atoms. The predicted molar refractivity (Wildman–Crippen MR) is 414 cm³/mol. The molecule has 8 heteroatoms. The molecule has 4 heterocycles. The van der Waals surface area contributed by atoms with E-state index in [0.29, 0.717) is 34.9 Å². The van der Waals surface area contributed by atoms with Crippen molar-refractivity contribution in [2.45, 2.75) is 0 Å². The van der Waals surface area contributed by atoms with Gasteiger partial charge in [-0.2, -0.15) is 0 Å². The Balaban J connectivity index is 0.000000139. The maximum absolute atomic E-state index is 5.37. The molecule has 20 rings (SSSR count). The second-order valence-electron chi connectivity index (χ2n) is 25.5. The van der Waals surface area contributed by atoms with Crippen molar-refractivity contribution in [3.05, 3.63) is 340 Å². The second-order valence-corrected chi connectivity index (χ2v) is 25.5. The van der Waals surface area contributed by atoms with Gasteiger partial charge >= 0.3 is 0 Å². The van der Waals surface area contributed by atoms with Gasteiger partial charge in [0.15, 0.2) is 34.9 Å². The van der Waals surface area contributed by atoms with Gasteiger partial charge in [-0.3, -0.25) is 9.97 Å². The summed E-state index contributed by atoms with van der Waals surface area (Å²) < 4.78 is 0. The van der Waals surface area contributed by atoms with Crippen molar-refractivity contribution in [1.29, 1.82) is 0 Å². The molecule has 4 aromatic heterocycles. The van der Waals surface area contributed by atoms with Gasteiger partial charge in [0.1, 0.15) is 0 Å². The topological polar surface area (TPSA) is 103 Å². The molecule has 0 N–H and O–H groups in total. The molecule has 0 radical (unpaired) electrons. The zero-order chi connectivity index (χ0) is 66.0. The minimum atomic E-state index is 0.634. The van der Waals surface area contributed by atoms with Crippen LogP contribution in [0.3, 0.4) is 0 Å². The summed E-state index contributed by atoms with van der Waals surface area (Å²) in [6.45, 7) is 0. The Morgan fingerprint density at radius 3 is 0.840 bits per heavy atom. The number of rotatable bonds is 8. The molecule has 0 aliphatic carbocycles. The molecule has 0 saturated heterocycles. The van der Waals surface area contributed by atoms with Gasteiger partial charge in [-0.25, -0.2) is 29.9 Å². The van der Waals surface area contributed by atoms with Gasteiger partial charge in [-0.15, -0.1) is 0 Å². The largest absolute Gasteiger partial charge is 0.264 e. The molecule has 100 heavy (non-hydrogen) atoms. The van der Waals surface area contributed by atoms with Crippen molar-refractivity contribution >= 4 is 108 Å². The van der Waals surface area contributed by atoms with E-state index in [4.69, 9.17) is 29.9 Å². The number of hydrogen-bond donors (Lipinski definition) is 0. The highest BCUT2D eigenvalue weighted by atomic mass is 15.0. The lowest BCUT2D eigenvalue weighted by Gasteiger charge is -2.15. The first-order chi connectivity index (χ1) is 49.5. The van der Waals surface area contributed by atoms with E-state index in [9.17, 15) is 0 Å². The molecule has 20 aromatic rings. The summed E-state index contributed by atoms with van der Waals surface area (Å²) in [5.74, 6) is 3.88. The monoisotopic (exact) mass is 1270 g/mol. The van der Waals surface area contributed by atoms with Gasteiger partial charge in [0.2, 0.25) is 0 Å². The van der Waals surface area contributed by atoms with E-state index in [1.54, 1.807) is 0 Å². The van der Waals surface area contributed by atoms with Crippen molar-refractivity contribution in [2.24, 2.45) is 0 Å².